The van der Waals surface area contributed by atoms with E-state index in [1.807, 2.05) is 37.3 Å². The van der Waals surface area contributed by atoms with Crippen LogP contribution in [0.3, 0.4) is 0 Å². The van der Waals surface area contributed by atoms with E-state index < -0.39 is 10.8 Å². The molecule has 0 spiro atoms. The maximum Gasteiger partial charge on any atom is 0.0427 e. The molecule has 0 N–H and O–H groups in total. The first-order valence-electron chi connectivity index (χ1n) is 3.76. The molecule has 0 saturated carbocycles. The highest BCUT2D eigenvalue weighted by molar-refractivity contribution is 7.87. The molecule has 1 aromatic rings. The summed E-state index contributed by atoms with van der Waals surface area (Å²) < 4.78 is 10.9. The van der Waals surface area contributed by atoms with Crippen LogP contribution in [0.25, 0.3) is 5.57 Å². The lowest BCUT2D eigenvalue weighted by molar-refractivity contribution is 0.692. The fourth-order valence-electron chi connectivity index (χ4n) is 1.02. The lowest BCUT2D eigenvalue weighted by Gasteiger charge is -1.98. The molecule has 0 amide bonds. The van der Waals surface area contributed by atoms with Crippen molar-refractivity contribution in [1.29, 1.82) is 0 Å². The topological polar surface area (TPSA) is 17.1 Å². The van der Waals surface area contributed by atoms with E-state index in [4.69, 9.17) is 0 Å². The Bertz CT molecular complexity index is 301. The molecule has 12 heavy (non-hydrogen) atoms. The van der Waals surface area contributed by atoms with E-state index in [9.17, 15) is 4.21 Å². The summed E-state index contributed by atoms with van der Waals surface area (Å²) in [5, 5.41) is 1.76. The Labute approximate surface area is 75.6 Å². The van der Waals surface area contributed by atoms with Crippen LogP contribution in [-0.4, -0.2) is 10.5 Å². The van der Waals surface area contributed by atoms with Gasteiger partial charge in [-0.2, -0.15) is 0 Å². The minimum atomic E-state index is -0.858. The normalized spacial score (nSPS) is 14.3. The van der Waals surface area contributed by atoms with Gasteiger partial charge in [-0.3, -0.25) is 4.21 Å². The van der Waals surface area contributed by atoms with Crippen molar-refractivity contribution in [2.24, 2.45) is 0 Å². The van der Waals surface area contributed by atoms with Crippen molar-refractivity contribution in [2.45, 2.75) is 6.92 Å². The summed E-state index contributed by atoms with van der Waals surface area (Å²) in [5.74, 6) is 0. The van der Waals surface area contributed by atoms with Crippen LogP contribution in [0.4, 0.5) is 0 Å². The molecule has 0 aliphatic carbocycles. The monoisotopic (exact) mass is 180 g/mol. The minimum absolute atomic E-state index is 0.858. The second-order valence-electron chi connectivity index (χ2n) is 2.67. The van der Waals surface area contributed by atoms with E-state index in [1.165, 1.54) is 0 Å². The highest BCUT2D eigenvalue weighted by Gasteiger charge is 1.93. The summed E-state index contributed by atoms with van der Waals surface area (Å²) in [7, 11) is -0.858. The smallest absolute Gasteiger partial charge is 0.0427 e. The van der Waals surface area contributed by atoms with Crippen LogP contribution in [0.5, 0.6) is 0 Å². The van der Waals surface area contributed by atoms with Crippen molar-refractivity contribution < 1.29 is 4.21 Å². The number of allylic oxidation sites excluding steroid dienone is 1. The average Bonchev–Trinajstić information content (AvgIpc) is 2.05. The Morgan fingerprint density at radius 3 is 2.42 bits per heavy atom. The summed E-state index contributed by atoms with van der Waals surface area (Å²) in [5.41, 5.74) is 2.20. The molecule has 64 valence electrons. The van der Waals surface area contributed by atoms with Gasteiger partial charge in [0, 0.05) is 22.5 Å². The molecule has 0 heterocycles. The van der Waals surface area contributed by atoms with Crippen LogP contribution in [-0.2, 0) is 10.8 Å². The molecule has 0 radical (unpaired) electrons. The average molecular weight is 180 g/mol. The van der Waals surface area contributed by atoms with Gasteiger partial charge in [0.2, 0.25) is 0 Å². The van der Waals surface area contributed by atoms with Crippen molar-refractivity contribution >= 4 is 16.4 Å². The van der Waals surface area contributed by atoms with Crippen LogP contribution in [0.15, 0.2) is 35.7 Å². The molecular formula is C10H12OS. The van der Waals surface area contributed by atoms with Crippen LogP contribution in [0.2, 0.25) is 0 Å². The molecule has 0 aliphatic heterocycles. The third kappa shape index (κ3) is 2.62. The summed E-state index contributed by atoms with van der Waals surface area (Å²) in [4.78, 5) is 0. The molecule has 0 bridgehead atoms. The van der Waals surface area contributed by atoms with Gasteiger partial charge in [-0.1, -0.05) is 30.3 Å². The van der Waals surface area contributed by atoms with E-state index in [0.29, 0.717) is 0 Å². The van der Waals surface area contributed by atoms with Gasteiger partial charge < -0.3 is 0 Å². The van der Waals surface area contributed by atoms with Crippen LogP contribution in [0.1, 0.15) is 12.5 Å². The van der Waals surface area contributed by atoms with Gasteiger partial charge in [-0.25, -0.2) is 0 Å². The Morgan fingerprint density at radius 1 is 1.33 bits per heavy atom. The molecule has 1 unspecified atom stereocenters. The molecular weight excluding hydrogens is 168 g/mol. The first kappa shape index (κ1) is 9.20. The second-order valence-corrected chi connectivity index (χ2v) is 3.90. The van der Waals surface area contributed by atoms with Crippen molar-refractivity contribution in [3.05, 3.63) is 41.3 Å². The Hall–Kier alpha value is -0.890. The largest absolute Gasteiger partial charge is 0.255 e. The van der Waals surface area contributed by atoms with Crippen molar-refractivity contribution in [2.75, 3.05) is 6.26 Å². The van der Waals surface area contributed by atoms with Crippen LogP contribution >= 0.6 is 0 Å². The van der Waals surface area contributed by atoms with Gasteiger partial charge in [0.15, 0.2) is 0 Å². The number of hydrogen-bond acceptors (Lipinski definition) is 1. The van der Waals surface area contributed by atoms with E-state index in [0.717, 1.165) is 11.1 Å². The predicted molar refractivity (Wildman–Crippen MR) is 54.2 cm³/mol. The standard InChI is InChI=1S/C10H12OS/c1-9(8-12(2)11)10-6-4-3-5-7-10/h3-8H,1-2H3/b9-8+. The summed E-state index contributed by atoms with van der Waals surface area (Å²) >= 11 is 0. The number of hydrogen-bond donors (Lipinski definition) is 0. The van der Waals surface area contributed by atoms with Crippen LogP contribution < -0.4 is 0 Å². The molecule has 0 fully saturated rings. The fraction of sp³-hybridized carbons (Fsp3) is 0.200. The summed E-state index contributed by atoms with van der Waals surface area (Å²) in [6.45, 7) is 1.97. The third-order valence-corrected chi connectivity index (χ3v) is 2.26. The van der Waals surface area contributed by atoms with Crippen molar-refractivity contribution in [3.63, 3.8) is 0 Å². The fourth-order valence-corrected chi connectivity index (χ4v) is 1.65. The van der Waals surface area contributed by atoms with Crippen LogP contribution in [0, 0.1) is 0 Å². The van der Waals surface area contributed by atoms with Gasteiger partial charge in [0.1, 0.15) is 0 Å². The Balaban J connectivity index is 2.93. The van der Waals surface area contributed by atoms with Gasteiger partial charge in [0.05, 0.1) is 0 Å². The zero-order valence-electron chi connectivity index (χ0n) is 7.28. The molecule has 2 heteroatoms. The Kier molecular flexibility index (Phi) is 3.23. The number of rotatable bonds is 2. The first-order chi connectivity index (χ1) is 5.70. The quantitative estimate of drug-likeness (QED) is 0.683. The first-order valence-corrected chi connectivity index (χ1v) is 5.38. The molecule has 1 atom stereocenters. The second kappa shape index (κ2) is 4.21. The zero-order valence-corrected chi connectivity index (χ0v) is 8.10. The lowest BCUT2D eigenvalue weighted by atomic mass is 10.1. The van der Waals surface area contributed by atoms with Gasteiger partial charge >= 0.3 is 0 Å². The summed E-state index contributed by atoms with van der Waals surface area (Å²) in [6, 6.07) is 9.95. The van der Waals surface area contributed by atoms with Gasteiger partial charge in [0.25, 0.3) is 0 Å². The molecule has 1 aromatic carbocycles. The van der Waals surface area contributed by atoms with E-state index in [2.05, 4.69) is 0 Å². The molecule has 1 rings (SSSR count). The van der Waals surface area contributed by atoms with Crippen molar-refractivity contribution in [3.8, 4) is 0 Å². The highest BCUT2D eigenvalue weighted by atomic mass is 32.2. The van der Waals surface area contributed by atoms with Gasteiger partial charge in [-0.05, 0) is 18.1 Å². The molecule has 0 aliphatic rings. The maximum atomic E-state index is 10.9. The predicted octanol–water partition coefficient (Wildman–Crippen LogP) is 2.43. The number of benzene rings is 1. The van der Waals surface area contributed by atoms with E-state index >= 15 is 0 Å². The van der Waals surface area contributed by atoms with Gasteiger partial charge in [-0.15, -0.1) is 0 Å². The lowest BCUT2D eigenvalue weighted by Crippen LogP contribution is -1.82. The highest BCUT2D eigenvalue weighted by Crippen LogP contribution is 2.12. The van der Waals surface area contributed by atoms with Crippen molar-refractivity contribution in [1.82, 2.24) is 0 Å². The minimum Gasteiger partial charge on any atom is -0.255 e. The molecule has 1 nitrogen and oxygen atoms in total. The van der Waals surface area contributed by atoms with E-state index in [1.54, 1.807) is 11.7 Å². The molecule has 0 aromatic heterocycles. The summed E-state index contributed by atoms with van der Waals surface area (Å²) in [6.07, 6.45) is 1.67. The molecule has 0 saturated heterocycles. The Morgan fingerprint density at radius 2 is 1.92 bits per heavy atom. The third-order valence-electron chi connectivity index (χ3n) is 1.57. The SMILES string of the molecule is C/C(=C\S(C)=O)c1ccccc1. The maximum absolute atomic E-state index is 10.9. The van der Waals surface area contributed by atoms with E-state index in [-0.39, 0.29) is 0 Å². The zero-order chi connectivity index (χ0) is 8.97.